The molecule has 0 bridgehead atoms. The van der Waals surface area contributed by atoms with Gasteiger partial charge in [-0.15, -0.1) is 4.52 Å². The second kappa shape index (κ2) is 4.65. The molecule has 0 amide bonds. The van der Waals surface area contributed by atoms with Crippen LogP contribution in [-0.2, 0) is 9.09 Å². The third-order valence-corrected chi connectivity index (χ3v) is 2.21. The number of hydrogen-bond acceptors (Lipinski definition) is 3. The van der Waals surface area contributed by atoms with Crippen molar-refractivity contribution < 1.29 is 13.6 Å². The molecule has 0 aromatic heterocycles. The van der Waals surface area contributed by atoms with Crippen LogP contribution in [0.3, 0.4) is 0 Å². The van der Waals surface area contributed by atoms with Crippen LogP contribution in [0.1, 0.15) is 6.92 Å². The van der Waals surface area contributed by atoms with E-state index in [9.17, 15) is 4.57 Å². The first-order chi connectivity index (χ1) is 5.33. The van der Waals surface area contributed by atoms with E-state index in [1.807, 2.05) is 21.1 Å². The van der Waals surface area contributed by atoms with Gasteiger partial charge in [-0.25, -0.2) is 0 Å². The summed E-state index contributed by atoms with van der Waals surface area (Å²) >= 11 is 0. The van der Waals surface area contributed by atoms with E-state index < -0.39 is 8.03 Å². The smallest absolute Gasteiger partial charge is 0.329 e. The highest BCUT2D eigenvalue weighted by molar-refractivity contribution is 7.59. The number of rotatable bonds is 5. The maximum Gasteiger partial charge on any atom is 0.563 e. The Morgan fingerprint density at radius 3 is 2.33 bits per heavy atom. The molecule has 12 heavy (non-hydrogen) atoms. The Hall–Kier alpha value is -0.310. The number of nitrogens with one attached hydrogen (secondary N) is 1. The van der Waals surface area contributed by atoms with Gasteiger partial charge in [0, 0.05) is 6.92 Å². The summed E-state index contributed by atoms with van der Waals surface area (Å²) in [6.07, 6.45) is 0. The van der Waals surface area contributed by atoms with E-state index in [0.717, 1.165) is 11.0 Å². The Bertz CT molecular complexity index is 186. The predicted molar refractivity (Wildman–Crippen MR) is 49.9 cm³/mol. The first kappa shape index (κ1) is 11.7. The molecule has 0 saturated carbocycles. The highest BCUT2D eigenvalue weighted by Crippen LogP contribution is 2.22. The molecular weight excluding hydrogens is 175 g/mol. The summed E-state index contributed by atoms with van der Waals surface area (Å²) < 4.78 is 16.6. The molecular formula is C7H17N2O2P+2. The van der Waals surface area contributed by atoms with Crippen LogP contribution in [0.2, 0.25) is 0 Å². The Balaban J connectivity index is 3.58. The van der Waals surface area contributed by atoms with Crippen molar-refractivity contribution in [3.05, 3.63) is 0 Å². The Labute approximate surface area is 74.5 Å². The van der Waals surface area contributed by atoms with E-state index in [-0.39, 0.29) is 5.45 Å². The molecule has 0 fully saturated rings. The van der Waals surface area contributed by atoms with Gasteiger partial charge < -0.3 is 4.48 Å². The van der Waals surface area contributed by atoms with E-state index in [1.54, 1.807) is 0 Å². The Morgan fingerprint density at radius 1 is 1.50 bits per heavy atom. The van der Waals surface area contributed by atoms with Gasteiger partial charge in [-0.3, -0.25) is 5.41 Å². The van der Waals surface area contributed by atoms with Crippen LogP contribution in [-0.4, -0.2) is 44.2 Å². The average molecular weight is 192 g/mol. The highest BCUT2D eigenvalue weighted by atomic mass is 31.1. The highest BCUT2D eigenvalue weighted by Gasteiger charge is 2.22. The minimum atomic E-state index is -1.87. The number of likely N-dealkylation sites (N-methyl/N-ethyl adjacent to an activating group) is 1. The van der Waals surface area contributed by atoms with Crippen LogP contribution in [0.25, 0.3) is 0 Å². The molecule has 0 aliphatic heterocycles. The van der Waals surface area contributed by atoms with Crippen LogP contribution < -0.4 is 0 Å². The molecule has 5 heteroatoms. The summed E-state index contributed by atoms with van der Waals surface area (Å²) in [5.74, 6) is 0. The molecule has 0 aromatic carbocycles. The van der Waals surface area contributed by atoms with Crippen molar-refractivity contribution in [1.29, 1.82) is 5.41 Å². The number of hydrogen-bond donors (Lipinski definition) is 1. The fourth-order valence-corrected chi connectivity index (χ4v) is 0.936. The van der Waals surface area contributed by atoms with Gasteiger partial charge in [-0.05, 0) is 4.57 Å². The van der Waals surface area contributed by atoms with Gasteiger partial charge in [0.2, 0.25) is 0 Å². The molecule has 70 valence electrons. The Morgan fingerprint density at radius 2 is 2.00 bits per heavy atom. The van der Waals surface area contributed by atoms with Crippen LogP contribution >= 0.6 is 8.03 Å². The zero-order valence-electron chi connectivity index (χ0n) is 8.13. The maximum absolute atomic E-state index is 10.9. The van der Waals surface area contributed by atoms with Gasteiger partial charge >= 0.3 is 8.03 Å². The van der Waals surface area contributed by atoms with Crippen molar-refractivity contribution in [2.45, 2.75) is 6.92 Å². The van der Waals surface area contributed by atoms with Gasteiger partial charge in [-0.1, -0.05) is 0 Å². The molecule has 0 aliphatic carbocycles. The van der Waals surface area contributed by atoms with E-state index in [1.165, 1.54) is 6.92 Å². The molecule has 0 heterocycles. The lowest BCUT2D eigenvalue weighted by atomic mass is 10.5. The summed E-state index contributed by atoms with van der Waals surface area (Å²) in [6.45, 7) is 2.73. The SMILES string of the molecule is CC(=N)[P+](=O)OCC[N+](C)(C)C. The topological polar surface area (TPSA) is 50.2 Å². The summed E-state index contributed by atoms with van der Waals surface area (Å²) in [5.41, 5.74) is 0.103. The third-order valence-electron chi connectivity index (χ3n) is 1.24. The van der Waals surface area contributed by atoms with Crippen molar-refractivity contribution in [3.8, 4) is 0 Å². The molecule has 0 spiro atoms. The summed E-state index contributed by atoms with van der Waals surface area (Å²) in [6, 6.07) is 0. The third kappa shape index (κ3) is 6.40. The van der Waals surface area contributed by atoms with Gasteiger partial charge in [0.25, 0.3) is 5.45 Å². The van der Waals surface area contributed by atoms with Crippen LogP contribution in [0.4, 0.5) is 0 Å². The molecule has 4 nitrogen and oxygen atoms in total. The largest absolute Gasteiger partial charge is 0.563 e. The van der Waals surface area contributed by atoms with Crippen LogP contribution in [0, 0.1) is 5.41 Å². The van der Waals surface area contributed by atoms with Gasteiger partial charge in [0.1, 0.15) is 6.54 Å². The lowest BCUT2D eigenvalue weighted by molar-refractivity contribution is -0.870. The second-order valence-corrected chi connectivity index (χ2v) is 5.13. The van der Waals surface area contributed by atoms with E-state index in [4.69, 9.17) is 9.93 Å². The summed E-state index contributed by atoms with van der Waals surface area (Å²) in [7, 11) is 4.24. The first-order valence-corrected chi connectivity index (χ1v) is 4.96. The fraction of sp³-hybridized carbons (Fsp3) is 0.857. The van der Waals surface area contributed by atoms with Gasteiger partial charge in [-0.2, -0.15) is 0 Å². The van der Waals surface area contributed by atoms with E-state index in [0.29, 0.717) is 6.61 Å². The monoisotopic (exact) mass is 192 g/mol. The minimum absolute atomic E-state index is 0.103. The van der Waals surface area contributed by atoms with Crippen molar-refractivity contribution in [2.24, 2.45) is 0 Å². The molecule has 1 N–H and O–H groups in total. The molecule has 0 aliphatic rings. The lowest BCUT2D eigenvalue weighted by Gasteiger charge is -2.21. The maximum atomic E-state index is 10.9. The van der Waals surface area contributed by atoms with Crippen molar-refractivity contribution in [2.75, 3.05) is 34.3 Å². The van der Waals surface area contributed by atoms with Crippen molar-refractivity contribution >= 4 is 13.5 Å². The van der Waals surface area contributed by atoms with Crippen molar-refractivity contribution in [1.82, 2.24) is 0 Å². The van der Waals surface area contributed by atoms with Crippen LogP contribution in [0.5, 0.6) is 0 Å². The molecule has 0 saturated heterocycles. The number of quaternary nitrogens is 1. The summed E-state index contributed by atoms with van der Waals surface area (Å²) in [4.78, 5) is 0. The van der Waals surface area contributed by atoms with Gasteiger partial charge in [0.15, 0.2) is 6.61 Å². The zero-order chi connectivity index (χ0) is 9.78. The van der Waals surface area contributed by atoms with Gasteiger partial charge in [0.05, 0.1) is 21.1 Å². The quantitative estimate of drug-likeness (QED) is 0.407. The summed E-state index contributed by atoms with van der Waals surface area (Å²) in [5, 5.41) is 7.02. The number of nitrogens with zero attached hydrogens (tertiary/aromatic N) is 1. The predicted octanol–water partition coefficient (Wildman–Crippen LogP) is 1.45. The standard InChI is InChI=1S/C7H17N2O2P/c1-7(8)12(10)11-6-5-9(2,3)4/h8H,5-6H2,1-4H3/q+2. The van der Waals surface area contributed by atoms with E-state index >= 15 is 0 Å². The average Bonchev–Trinajstić information content (AvgIpc) is 1.84. The van der Waals surface area contributed by atoms with E-state index in [2.05, 4.69) is 0 Å². The second-order valence-electron chi connectivity index (χ2n) is 3.69. The fourth-order valence-electron chi connectivity index (χ4n) is 0.494. The zero-order valence-corrected chi connectivity index (χ0v) is 9.02. The van der Waals surface area contributed by atoms with Crippen molar-refractivity contribution in [3.63, 3.8) is 0 Å². The van der Waals surface area contributed by atoms with Crippen LogP contribution in [0.15, 0.2) is 0 Å². The molecule has 0 rings (SSSR count). The first-order valence-electron chi connectivity index (χ1n) is 3.79. The molecule has 0 aromatic rings. The molecule has 1 unspecified atom stereocenters. The minimum Gasteiger partial charge on any atom is -0.329 e. The normalized spacial score (nSPS) is 12.8. The molecule has 1 atom stereocenters. The molecule has 0 radical (unpaired) electrons. The Kier molecular flexibility index (Phi) is 4.53. The lowest BCUT2D eigenvalue weighted by Crippen LogP contribution is -2.37.